The Hall–Kier alpha value is -6.03. The molecule has 0 aliphatic rings. The van der Waals surface area contributed by atoms with Gasteiger partial charge in [0.1, 0.15) is 29.9 Å². The standard InChI is InChI=1S/C38H65N13O9/c1-21(2)16-27(35(58)46-18-29(53)48-26(33(41)56)9-5-6-14-39)49-30(54)19-47-36(59)28(17-23-10-12-24(52)13-11-23)50-37(60)32(22(3)4)51-31(55)20-45-34(57)25(40)8-7-15-44-38(42)43/h10-13,21-22,25-28,32,52H,5-9,14-20,39-40H2,1-4H3,(H2,41,56)(H,45,57)(H,46,58)(H,47,59)(H,48,53)(H,49,54)(H,50,60)(H,51,55)(H4,42,43,44)/t25-,26-,27-,28-,32-/m0/s1. The van der Waals surface area contributed by atoms with E-state index in [1.807, 2.05) is 13.8 Å². The molecule has 0 saturated heterocycles. The van der Waals surface area contributed by atoms with Crippen LogP contribution in [0.5, 0.6) is 5.75 Å². The van der Waals surface area contributed by atoms with E-state index in [1.165, 1.54) is 24.3 Å². The number of amides is 8. The summed E-state index contributed by atoms with van der Waals surface area (Å²) in [6.07, 6.45) is 2.23. The van der Waals surface area contributed by atoms with Crippen molar-refractivity contribution in [3.05, 3.63) is 29.8 Å². The van der Waals surface area contributed by atoms with Gasteiger partial charge in [0.25, 0.3) is 0 Å². The Kier molecular flexibility index (Phi) is 23.9. The number of nitrogens with one attached hydrogen (secondary N) is 7. The molecule has 0 bridgehead atoms. The van der Waals surface area contributed by atoms with Crippen LogP contribution in [0.25, 0.3) is 0 Å². The summed E-state index contributed by atoms with van der Waals surface area (Å²) in [6, 6.07) is 0.444. The Bertz CT molecular complexity index is 1620. The molecule has 0 aliphatic heterocycles. The highest BCUT2D eigenvalue weighted by atomic mass is 16.3. The van der Waals surface area contributed by atoms with Crippen LogP contribution in [0.15, 0.2) is 29.3 Å². The average molecular weight is 848 g/mol. The van der Waals surface area contributed by atoms with Crippen LogP contribution in [-0.2, 0) is 44.8 Å². The van der Waals surface area contributed by atoms with Gasteiger partial charge in [-0.25, -0.2) is 0 Å². The van der Waals surface area contributed by atoms with Gasteiger partial charge >= 0.3 is 0 Å². The summed E-state index contributed by atoms with van der Waals surface area (Å²) in [5, 5.41) is 27.3. The smallest absolute Gasteiger partial charge is 0.243 e. The Morgan fingerprint density at radius 3 is 1.70 bits per heavy atom. The molecule has 8 amide bonds. The highest BCUT2D eigenvalue weighted by Gasteiger charge is 2.30. The summed E-state index contributed by atoms with van der Waals surface area (Å²) >= 11 is 0. The first-order valence-corrected chi connectivity index (χ1v) is 19.8. The van der Waals surface area contributed by atoms with Gasteiger partial charge in [0.05, 0.1) is 25.7 Å². The molecule has 1 rings (SSSR count). The number of primary amides is 1. The molecule has 0 spiro atoms. The molecule has 1 aromatic carbocycles. The molecule has 18 N–H and O–H groups in total. The number of nitrogens with zero attached hydrogens (tertiary/aromatic N) is 1. The highest BCUT2D eigenvalue weighted by molar-refractivity contribution is 5.96. The quantitative estimate of drug-likeness (QED) is 0.0217. The molecule has 0 unspecified atom stereocenters. The first kappa shape index (κ1) is 52.0. The van der Waals surface area contributed by atoms with Crippen molar-refractivity contribution < 1.29 is 43.5 Å². The van der Waals surface area contributed by atoms with E-state index in [-0.39, 0.29) is 49.9 Å². The number of rotatable bonds is 28. The number of phenols is 1. The number of aromatic hydroxyl groups is 1. The SMILES string of the molecule is CC(C)C[C@H](NC(=O)CNC(=O)[C@H](Cc1ccc(O)cc1)NC(=O)[C@@H](NC(=O)CNC(=O)[C@@H](N)CCCN=C(N)N)C(C)C)C(=O)NCC(=O)N[C@@H](CCCCN)C(N)=O. The topological polar surface area (TPSA) is 383 Å². The molecule has 22 nitrogen and oxygen atoms in total. The largest absolute Gasteiger partial charge is 0.508 e. The van der Waals surface area contributed by atoms with Gasteiger partial charge in [0.2, 0.25) is 47.3 Å². The molecular formula is C38H65N13O9. The van der Waals surface area contributed by atoms with Crippen molar-refractivity contribution in [1.29, 1.82) is 0 Å². The summed E-state index contributed by atoms with van der Waals surface area (Å²) in [5.74, 6) is -6.32. The lowest BCUT2D eigenvalue weighted by Gasteiger charge is -2.26. The van der Waals surface area contributed by atoms with E-state index in [0.29, 0.717) is 31.4 Å². The minimum Gasteiger partial charge on any atom is -0.508 e. The fourth-order valence-corrected chi connectivity index (χ4v) is 5.60. The summed E-state index contributed by atoms with van der Waals surface area (Å²) < 4.78 is 0. The molecule has 0 radical (unpaired) electrons. The predicted octanol–water partition coefficient (Wildman–Crippen LogP) is -4.08. The number of carbonyl (C=O) groups excluding carboxylic acids is 8. The van der Waals surface area contributed by atoms with Crippen LogP contribution in [0.1, 0.15) is 71.8 Å². The van der Waals surface area contributed by atoms with Gasteiger partial charge in [-0.05, 0) is 74.6 Å². The maximum absolute atomic E-state index is 13.6. The van der Waals surface area contributed by atoms with Gasteiger partial charge in [-0.1, -0.05) is 39.8 Å². The van der Waals surface area contributed by atoms with E-state index < -0.39 is 103 Å². The molecule has 0 aliphatic carbocycles. The Balaban J connectivity index is 2.96. The van der Waals surface area contributed by atoms with Crippen molar-refractivity contribution in [2.24, 2.45) is 45.5 Å². The Morgan fingerprint density at radius 1 is 0.650 bits per heavy atom. The number of aliphatic imine (C=N–C) groups is 1. The number of benzene rings is 1. The maximum Gasteiger partial charge on any atom is 0.243 e. The number of carbonyl (C=O) groups is 8. The van der Waals surface area contributed by atoms with Crippen molar-refractivity contribution in [2.45, 2.75) is 103 Å². The second-order valence-corrected chi connectivity index (χ2v) is 15.0. The lowest BCUT2D eigenvalue weighted by atomic mass is 10.0. The molecule has 336 valence electrons. The number of hydrogen-bond acceptors (Lipinski definition) is 12. The van der Waals surface area contributed by atoms with Gasteiger partial charge in [-0.2, -0.15) is 0 Å². The zero-order chi connectivity index (χ0) is 45.4. The molecule has 1 aromatic rings. The van der Waals surface area contributed by atoms with Crippen LogP contribution in [-0.4, -0.2) is 121 Å². The minimum absolute atomic E-state index is 0.0316. The van der Waals surface area contributed by atoms with Gasteiger partial charge in [0.15, 0.2) is 5.96 Å². The third-order valence-electron chi connectivity index (χ3n) is 8.83. The molecule has 0 heterocycles. The van der Waals surface area contributed by atoms with Crippen LogP contribution in [0.2, 0.25) is 0 Å². The zero-order valence-electron chi connectivity index (χ0n) is 34.9. The van der Waals surface area contributed by atoms with Crippen LogP contribution in [0.4, 0.5) is 0 Å². The molecule has 5 atom stereocenters. The van der Waals surface area contributed by atoms with Gasteiger partial charge in [-0.3, -0.25) is 43.3 Å². The highest BCUT2D eigenvalue weighted by Crippen LogP contribution is 2.13. The van der Waals surface area contributed by atoms with Crippen molar-refractivity contribution in [2.75, 3.05) is 32.7 Å². The maximum atomic E-state index is 13.6. The fourth-order valence-electron chi connectivity index (χ4n) is 5.60. The van der Waals surface area contributed by atoms with Crippen molar-refractivity contribution >= 4 is 53.2 Å². The van der Waals surface area contributed by atoms with E-state index in [1.54, 1.807) is 13.8 Å². The molecule has 60 heavy (non-hydrogen) atoms. The zero-order valence-corrected chi connectivity index (χ0v) is 34.9. The van der Waals surface area contributed by atoms with Crippen LogP contribution in [0, 0.1) is 11.8 Å². The summed E-state index contributed by atoms with van der Waals surface area (Å²) in [4.78, 5) is 107. The molecule has 0 fully saturated rings. The van der Waals surface area contributed by atoms with E-state index in [2.05, 4.69) is 42.2 Å². The molecule has 22 heteroatoms. The summed E-state index contributed by atoms with van der Waals surface area (Å²) in [7, 11) is 0. The number of unbranched alkanes of at least 4 members (excludes halogenated alkanes) is 1. The third-order valence-corrected chi connectivity index (χ3v) is 8.83. The number of nitrogens with two attached hydrogens (primary N) is 5. The van der Waals surface area contributed by atoms with E-state index in [4.69, 9.17) is 28.7 Å². The Morgan fingerprint density at radius 2 is 1.18 bits per heavy atom. The number of guanidine groups is 1. The van der Waals surface area contributed by atoms with E-state index >= 15 is 0 Å². The van der Waals surface area contributed by atoms with Gasteiger partial charge in [0, 0.05) is 13.0 Å². The average Bonchev–Trinajstić information content (AvgIpc) is 3.18. The summed E-state index contributed by atoms with van der Waals surface area (Å²) in [6.45, 7) is 6.04. The Labute approximate surface area is 350 Å². The number of hydrogen-bond donors (Lipinski definition) is 13. The van der Waals surface area contributed by atoms with Crippen LogP contribution in [0.3, 0.4) is 0 Å². The van der Waals surface area contributed by atoms with Gasteiger partial charge < -0.3 is 71.0 Å². The minimum atomic E-state index is -1.28. The predicted molar refractivity (Wildman–Crippen MR) is 223 cm³/mol. The van der Waals surface area contributed by atoms with Crippen molar-refractivity contribution in [3.8, 4) is 5.75 Å². The monoisotopic (exact) mass is 848 g/mol. The molecule has 0 aromatic heterocycles. The van der Waals surface area contributed by atoms with Gasteiger partial charge in [-0.15, -0.1) is 0 Å². The van der Waals surface area contributed by atoms with Crippen molar-refractivity contribution in [3.63, 3.8) is 0 Å². The van der Waals surface area contributed by atoms with Crippen molar-refractivity contribution in [1.82, 2.24) is 37.2 Å². The number of phenolic OH excluding ortho intramolecular Hbond substituents is 1. The lowest BCUT2D eigenvalue weighted by molar-refractivity contribution is -0.134. The first-order valence-electron chi connectivity index (χ1n) is 19.8. The first-order chi connectivity index (χ1) is 28.2. The normalized spacial score (nSPS) is 13.4. The van der Waals surface area contributed by atoms with Crippen LogP contribution >= 0.6 is 0 Å². The molecule has 0 saturated carbocycles. The summed E-state index contributed by atoms with van der Waals surface area (Å²) in [5.41, 5.74) is 27.9. The second-order valence-electron chi connectivity index (χ2n) is 15.0. The molecular weight excluding hydrogens is 782 g/mol. The van der Waals surface area contributed by atoms with E-state index in [0.717, 1.165) is 0 Å². The second kappa shape index (κ2) is 27.6. The fraction of sp³-hybridized carbons (Fsp3) is 0.605. The van der Waals surface area contributed by atoms with E-state index in [9.17, 15) is 43.5 Å². The van der Waals surface area contributed by atoms with Crippen LogP contribution < -0.4 is 65.9 Å². The third kappa shape index (κ3) is 21.6. The lowest BCUT2D eigenvalue weighted by Crippen LogP contribution is -2.58.